The van der Waals surface area contributed by atoms with E-state index < -0.39 is 5.41 Å². The molecule has 2 aromatic heterocycles. The van der Waals surface area contributed by atoms with Gasteiger partial charge in [0.1, 0.15) is 11.5 Å². The molecule has 2 aliphatic carbocycles. The van der Waals surface area contributed by atoms with Gasteiger partial charge in [-0.2, -0.15) is 12.1 Å². The van der Waals surface area contributed by atoms with Crippen LogP contribution in [0.5, 0.6) is 11.5 Å². The zero-order valence-corrected chi connectivity index (χ0v) is 41.5. The van der Waals surface area contributed by atoms with Crippen molar-refractivity contribution in [2.75, 3.05) is 0 Å². The van der Waals surface area contributed by atoms with Crippen molar-refractivity contribution >= 4 is 50.6 Å². The molecule has 0 N–H and O–H groups in total. The fraction of sp³-hybridized carbons (Fsp3) is 0.0769. The van der Waals surface area contributed by atoms with Crippen molar-refractivity contribution in [3.05, 3.63) is 252 Å². The number of aromatic nitrogens is 2. The molecule has 3 heterocycles. The largest absolute Gasteiger partial charge is 2.00 e. The predicted molar refractivity (Wildman–Crippen MR) is 284 cm³/mol. The summed E-state index contributed by atoms with van der Waals surface area (Å²) in [7, 11) is 0. The summed E-state index contributed by atoms with van der Waals surface area (Å²) < 4.78 is 13.1. The molecule has 5 nitrogen and oxygen atoms in total. The van der Waals surface area contributed by atoms with Gasteiger partial charge in [-0.25, -0.2) is 4.98 Å². The number of para-hydroxylation sites is 4. The van der Waals surface area contributed by atoms with Gasteiger partial charge in [0.15, 0.2) is 0 Å². The first kappa shape index (κ1) is 42.9. The molecule has 0 bridgehead atoms. The van der Waals surface area contributed by atoms with Gasteiger partial charge in [-0.3, -0.25) is 0 Å². The first-order valence-electron chi connectivity index (χ1n) is 24.0. The van der Waals surface area contributed by atoms with Gasteiger partial charge in [-0.15, -0.1) is 23.6 Å². The number of ether oxygens (including phenoxy) is 1. The zero-order chi connectivity index (χ0) is 46.7. The Morgan fingerprint density at radius 3 is 1.80 bits per heavy atom. The standard InChI is InChI=1S/C65H44N4O.Pt/c1-64(2,3)43-35-36-66-63(38-43)69-59-28-13-8-23-52(59)53-34-32-46(40-62(53)69)70-45-18-16-17-44(39-45)67-41-68(61-30-15-14-29-60(61)67)58-27-12-7-19-47(58)42-31-33-51-50-22-6-11-26-56(50)65(57(51)37-42)54-24-9-4-20-48(54)49-21-5-10-25-55(49)65;/h4-38H,1-3H3;/q;+2. The van der Waals surface area contributed by atoms with Gasteiger partial charge >= 0.3 is 27.1 Å². The summed E-state index contributed by atoms with van der Waals surface area (Å²) in [6.45, 7) is 6.68. The third-order valence-corrected chi connectivity index (χ3v) is 14.6. The number of nitrogens with zero attached hydrogens (tertiary/aromatic N) is 4. The second-order valence-electron chi connectivity index (χ2n) is 19.5. The summed E-state index contributed by atoms with van der Waals surface area (Å²) in [6.07, 6.45) is 1.90. The normalized spacial score (nSPS) is 13.5. The Morgan fingerprint density at radius 2 is 1.10 bits per heavy atom. The van der Waals surface area contributed by atoms with E-state index in [-0.39, 0.29) is 26.5 Å². The van der Waals surface area contributed by atoms with E-state index in [1.807, 2.05) is 24.4 Å². The van der Waals surface area contributed by atoms with Gasteiger partial charge in [0.05, 0.1) is 11.0 Å². The minimum atomic E-state index is -0.431. The molecule has 71 heavy (non-hydrogen) atoms. The van der Waals surface area contributed by atoms with Crippen LogP contribution in [0.4, 0.5) is 22.7 Å². The van der Waals surface area contributed by atoms with Crippen molar-refractivity contribution in [3.63, 3.8) is 0 Å². The molecule has 338 valence electrons. The van der Waals surface area contributed by atoms with Crippen molar-refractivity contribution in [1.82, 2.24) is 18.7 Å². The third kappa shape index (κ3) is 6.40. The number of hydrogen-bond acceptors (Lipinski definition) is 2. The van der Waals surface area contributed by atoms with Crippen LogP contribution in [0.3, 0.4) is 0 Å². The molecule has 1 aliphatic heterocycles. The van der Waals surface area contributed by atoms with Gasteiger partial charge in [-0.1, -0.05) is 170 Å². The Labute approximate surface area is 427 Å². The van der Waals surface area contributed by atoms with Crippen molar-refractivity contribution in [2.45, 2.75) is 31.6 Å². The molecular weight excluding hydrogens is 1050 g/mol. The number of pyridine rings is 1. The van der Waals surface area contributed by atoms with Gasteiger partial charge in [0.25, 0.3) is 11.4 Å². The average Bonchev–Trinajstić information content (AvgIpc) is 4.12. The average molecular weight is 1090 g/mol. The first-order valence-corrected chi connectivity index (χ1v) is 24.0. The topological polar surface area (TPSA) is 33.1 Å². The summed E-state index contributed by atoms with van der Waals surface area (Å²) in [5.41, 5.74) is 19.3. The van der Waals surface area contributed by atoms with E-state index in [1.54, 1.807) is 0 Å². The third-order valence-electron chi connectivity index (χ3n) is 14.6. The van der Waals surface area contributed by atoms with Crippen LogP contribution >= 0.6 is 0 Å². The predicted octanol–water partition coefficient (Wildman–Crippen LogP) is 15.7. The molecule has 3 aliphatic rings. The number of benzene rings is 9. The van der Waals surface area contributed by atoms with Crippen molar-refractivity contribution < 1.29 is 25.8 Å². The van der Waals surface area contributed by atoms with Crippen molar-refractivity contribution in [2.24, 2.45) is 0 Å². The molecule has 0 unspecified atom stereocenters. The number of rotatable bonds is 6. The van der Waals surface area contributed by atoms with Gasteiger partial charge < -0.3 is 9.30 Å². The van der Waals surface area contributed by atoms with Crippen LogP contribution in [0.2, 0.25) is 0 Å². The molecule has 0 saturated heterocycles. The molecular formula is C65H44N4OPt+2. The van der Waals surface area contributed by atoms with Crippen LogP contribution in [0, 0.1) is 12.1 Å². The maximum atomic E-state index is 6.66. The molecule has 0 atom stereocenters. The summed E-state index contributed by atoms with van der Waals surface area (Å²) in [5.74, 6) is 2.01. The molecule has 0 amide bonds. The van der Waals surface area contributed by atoms with E-state index in [9.17, 15) is 0 Å². The molecule has 6 heteroatoms. The van der Waals surface area contributed by atoms with Crippen molar-refractivity contribution in [3.8, 4) is 50.7 Å². The molecule has 0 radical (unpaired) electrons. The zero-order valence-electron chi connectivity index (χ0n) is 39.2. The Hall–Kier alpha value is -8.20. The van der Waals surface area contributed by atoms with Gasteiger partial charge in [0.2, 0.25) is 5.69 Å². The maximum absolute atomic E-state index is 6.66. The van der Waals surface area contributed by atoms with Crippen LogP contribution < -0.4 is 13.9 Å². The molecule has 0 saturated carbocycles. The Bertz CT molecular complexity index is 4030. The monoisotopic (exact) mass is 1090 g/mol. The van der Waals surface area contributed by atoms with Gasteiger partial charge in [-0.05, 0) is 101 Å². The first-order chi connectivity index (χ1) is 34.3. The van der Waals surface area contributed by atoms with Crippen LogP contribution in [-0.2, 0) is 31.9 Å². The Morgan fingerprint density at radius 1 is 0.507 bits per heavy atom. The van der Waals surface area contributed by atoms with E-state index in [1.165, 1.54) is 50.1 Å². The van der Waals surface area contributed by atoms with E-state index in [0.717, 1.165) is 61.5 Å². The summed E-state index contributed by atoms with van der Waals surface area (Å²) >= 11 is 0. The quantitative estimate of drug-likeness (QED) is 0.123. The van der Waals surface area contributed by atoms with Crippen LogP contribution in [0.1, 0.15) is 48.6 Å². The van der Waals surface area contributed by atoms with E-state index in [4.69, 9.17) is 9.72 Å². The van der Waals surface area contributed by atoms with Crippen LogP contribution in [0.25, 0.3) is 61.0 Å². The van der Waals surface area contributed by atoms with Crippen LogP contribution in [-0.4, -0.2) is 15.6 Å². The van der Waals surface area contributed by atoms with Gasteiger partial charge in [0, 0.05) is 41.4 Å². The number of hydrogen-bond donors (Lipinski definition) is 0. The maximum Gasteiger partial charge on any atom is 2.00 e. The molecule has 0 fully saturated rings. The molecule has 14 rings (SSSR count). The Balaban J connectivity index is 0.00000492. The molecule has 1 spiro atoms. The minimum Gasteiger partial charge on any atom is -0.509 e. The molecule has 9 aromatic carbocycles. The number of fused-ring (bicyclic) bond motifs is 14. The molecule has 11 aromatic rings. The second-order valence-corrected chi connectivity index (χ2v) is 19.5. The summed E-state index contributed by atoms with van der Waals surface area (Å²) in [4.78, 5) is 4.86. The summed E-state index contributed by atoms with van der Waals surface area (Å²) in [6, 6.07) is 85.0. The summed E-state index contributed by atoms with van der Waals surface area (Å²) in [5, 5.41) is 2.22. The second kappa shape index (κ2) is 16.2. The van der Waals surface area contributed by atoms with E-state index in [0.29, 0.717) is 11.5 Å². The fourth-order valence-electron chi connectivity index (χ4n) is 11.5. The SMILES string of the molecule is CC(C)(C)c1ccnc(-n2c3[c-]c(Oc4[c-]c([N+]5=C=[N+](c6ccccc6-c6ccc7c(c6)C6(c8ccccc8-c8ccccc86)c6ccccc6-7)c6ccccc65)ccc4)ccc3c3ccccc32)c1.[Pt+2]. The fourth-order valence-corrected chi connectivity index (χ4v) is 11.5. The smallest absolute Gasteiger partial charge is 0.509 e. The minimum absolute atomic E-state index is 0. The van der Waals surface area contributed by atoms with E-state index >= 15 is 0 Å². The Kier molecular flexibility index (Phi) is 9.77. The van der Waals surface area contributed by atoms with Crippen LogP contribution in [0.15, 0.2) is 212 Å². The van der Waals surface area contributed by atoms with Crippen molar-refractivity contribution in [1.29, 1.82) is 0 Å². The van der Waals surface area contributed by atoms with E-state index in [2.05, 4.69) is 241 Å².